The van der Waals surface area contributed by atoms with Crippen LogP contribution in [0.4, 0.5) is 5.82 Å². The van der Waals surface area contributed by atoms with E-state index in [0.29, 0.717) is 24.2 Å². The smallest absolute Gasteiger partial charge is 0.258 e. The zero-order chi connectivity index (χ0) is 20.2. The minimum Gasteiger partial charge on any atom is -0.470 e. The molecule has 1 aliphatic rings. The molecule has 0 aliphatic carbocycles. The highest BCUT2D eigenvalue weighted by atomic mass is 32.1. The van der Waals surface area contributed by atoms with Crippen molar-refractivity contribution >= 4 is 17.2 Å². The number of hydrogen-bond donors (Lipinski definition) is 1. The van der Waals surface area contributed by atoms with Crippen molar-refractivity contribution in [3.05, 3.63) is 47.0 Å². The Morgan fingerprint density at radius 1 is 1.21 bits per heavy atom. The maximum absolute atomic E-state index is 6.01. The first kappa shape index (κ1) is 19.7. The Labute approximate surface area is 175 Å². The molecule has 8 heteroatoms. The summed E-state index contributed by atoms with van der Waals surface area (Å²) >= 11 is 1.74. The highest BCUT2D eigenvalue weighted by molar-refractivity contribution is 7.15. The van der Waals surface area contributed by atoms with Gasteiger partial charge in [0.15, 0.2) is 5.82 Å². The number of aryl methyl sites for hydroxylation is 1. The number of hydrogen-bond acceptors (Lipinski definition) is 8. The molecule has 7 nitrogen and oxygen atoms in total. The van der Waals surface area contributed by atoms with Crippen LogP contribution in [-0.4, -0.2) is 45.0 Å². The molecule has 0 saturated carbocycles. The lowest BCUT2D eigenvalue weighted by molar-refractivity contribution is 0.255. The average Bonchev–Trinajstić information content (AvgIpc) is 3.19. The number of nitrogens with zero attached hydrogens (tertiary/aromatic N) is 5. The van der Waals surface area contributed by atoms with E-state index in [9.17, 15) is 0 Å². The van der Waals surface area contributed by atoms with Crippen LogP contribution in [0.5, 0.6) is 5.88 Å². The third-order valence-corrected chi connectivity index (χ3v) is 6.52. The maximum Gasteiger partial charge on any atom is 0.258 e. The van der Waals surface area contributed by atoms with Gasteiger partial charge in [-0.25, -0.2) is 15.0 Å². The summed E-state index contributed by atoms with van der Waals surface area (Å²) in [5, 5.41) is 1.21. The molecule has 0 bridgehead atoms. The highest BCUT2D eigenvalue weighted by Crippen LogP contribution is 2.37. The number of aromatic nitrogens is 4. The summed E-state index contributed by atoms with van der Waals surface area (Å²) < 4.78 is 5.85. The molecule has 0 aromatic carbocycles. The molecule has 0 radical (unpaired) electrons. The summed E-state index contributed by atoms with van der Waals surface area (Å²) in [5.74, 6) is 1.18. The molecule has 0 atom stereocenters. The number of nitrogens with two attached hydrogens (primary N) is 1. The van der Waals surface area contributed by atoms with Crippen LogP contribution in [-0.2, 0) is 13.0 Å². The van der Waals surface area contributed by atoms with E-state index in [1.165, 1.54) is 5.01 Å². The van der Waals surface area contributed by atoms with Gasteiger partial charge in [0.2, 0.25) is 0 Å². The van der Waals surface area contributed by atoms with Crippen LogP contribution < -0.4 is 10.5 Å². The standard InChI is InChI=1S/C21H26N6OS/c1-3-16-18(29-21(26-16)15-6-10-27(2)11-7-15)17-12-24-19(22)20(25-17)28-13-14-4-8-23-9-5-14/h4-5,8-9,12,15H,3,6-7,10-11,13H2,1-2H3,(H2,22,24). The highest BCUT2D eigenvalue weighted by Gasteiger charge is 2.24. The molecule has 152 valence electrons. The van der Waals surface area contributed by atoms with Crippen LogP contribution in [0, 0.1) is 0 Å². The van der Waals surface area contributed by atoms with E-state index in [1.807, 2.05) is 12.1 Å². The first-order chi connectivity index (χ1) is 14.1. The van der Waals surface area contributed by atoms with Crippen LogP contribution in [0.1, 0.15) is 41.9 Å². The summed E-state index contributed by atoms with van der Waals surface area (Å²) in [5.41, 5.74) is 8.86. The Hall–Kier alpha value is -2.58. The second-order valence-electron chi connectivity index (χ2n) is 7.35. The quantitative estimate of drug-likeness (QED) is 0.665. The summed E-state index contributed by atoms with van der Waals surface area (Å²) in [6.07, 6.45) is 8.36. The Bertz CT molecular complexity index is 953. The number of pyridine rings is 1. The second-order valence-corrected chi connectivity index (χ2v) is 8.38. The third kappa shape index (κ3) is 4.54. The Kier molecular flexibility index (Phi) is 6.01. The van der Waals surface area contributed by atoms with Gasteiger partial charge in [0.25, 0.3) is 5.88 Å². The van der Waals surface area contributed by atoms with Crippen molar-refractivity contribution in [3.8, 4) is 16.5 Å². The summed E-state index contributed by atoms with van der Waals surface area (Å²) in [6, 6.07) is 3.81. The molecule has 0 unspecified atom stereocenters. The van der Waals surface area contributed by atoms with Gasteiger partial charge in [-0.3, -0.25) is 4.98 Å². The van der Waals surface area contributed by atoms with Crippen molar-refractivity contribution in [2.45, 2.75) is 38.7 Å². The molecular weight excluding hydrogens is 384 g/mol. The molecule has 3 aromatic rings. The van der Waals surface area contributed by atoms with Gasteiger partial charge >= 0.3 is 0 Å². The molecule has 1 aliphatic heterocycles. The summed E-state index contributed by atoms with van der Waals surface area (Å²) in [6.45, 7) is 4.74. The fourth-order valence-corrected chi connectivity index (χ4v) is 4.75. The molecule has 3 aromatic heterocycles. The van der Waals surface area contributed by atoms with Gasteiger partial charge in [0, 0.05) is 18.3 Å². The number of rotatable bonds is 6. The van der Waals surface area contributed by atoms with Crippen molar-refractivity contribution in [2.75, 3.05) is 25.9 Å². The number of ether oxygens (including phenoxy) is 1. The monoisotopic (exact) mass is 410 g/mol. The molecule has 1 saturated heterocycles. The minimum absolute atomic E-state index is 0.293. The van der Waals surface area contributed by atoms with Crippen LogP contribution in [0.3, 0.4) is 0 Å². The van der Waals surface area contributed by atoms with E-state index in [0.717, 1.165) is 54.2 Å². The van der Waals surface area contributed by atoms with Crippen molar-refractivity contribution in [2.24, 2.45) is 0 Å². The zero-order valence-electron chi connectivity index (χ0n) is 16.8. The maximum atomic E-state index is 6.01. The molecular formula is C21H26N6OS. The van der Waals surface area contributed by atoms with E-state index in [4.69, 9.17) is 15.5 Å². The molecule has 0 amide bonds. The second kappa shape index (κ2) is 8.84. The molecule has 4 rings (SSSR count). The Balaban J connectivity index is 1.57. The van der Waals surface area contributed by atoms with Gasteiger partial charge in [-0.2, -0.15) is 0 Å². The minimum atomic E-state index is 0.293. The number of nitrogen functional groups attached to an aromatic ring is 1. The number of likely N-dealkylation sites (tertiary alicyclic amines) is 1. The topological polar surface area (TPSA) is 90.1 Å². The predicted octanol–water partition coefficient (Wildman–Crippen LogP) is 3.53. The largest absolute Gasteiger partial charge is 0.470 e. The van der Waals surface area contributed by atoms with Crippen LogP contribution in [0.15, 0.2) is 30.7 Å². The number of thiazole rings is 1. The van der Waals surface area contributed by atoms with E-state index in [-0.39, 0.29) is 0 Å². The zero-order valence-corrected chi connectivity index (χ0v) is 17.7. The van der Waals surface area contributed by atoms with Gasteiger partial charge in [0.1, 0.15) is 12.3 Å². The SMILES string of the molecule is CCc1nc(C2CCN(C)CC2)sc1-c1cnc(N)c(OCc2ccncc2)n1. The van der Waals surface area contributed by atoms with E-state index in [2.05, 4.69) is 33.8 Å². The lowest BCUT2D eigenvalue weighted by atomic mass is 9.98. The van der Waals surface area contributed by atoms with Gasteiger partial charge in [-0.15, -0.1) is 11.3 Å². The summed E-state index contributed by atoms with van der Waals surface area (Å²) in [7, 11) is 2.18. The van der Waals surface area contributed by atoms with Gasteiger partial charge in [-0.1, -0.05) is 6.92 Å². The third-order valence-electron chi connectivity index (χ3n) is 5.24. The molecule has 29 heavy (non-hydrogen) atoms. The molecule has 1 fully saturated rings. The van der Waals surface area contributed by atoms with Crippen LogP contribution in [0.25, 0.3) is 10.6 Å². The number of anilines is 1. The van der Waals surface area contributed by atoms with Crippen LogP contribution >= 0.6 is 11.3 Å². The van der Waals surface area contributed by atoms with Crippen molar-refractivity contribution < 1.29 is 4.74 Å². The fourth-order valence-electron chi connectivity index (χ4n) is 3.47. The van der Waals surface area contributed by atoms with Gasteiger partial charge in [0.05, 0.1) is 21.8 Å². The first-order valence-corrected chi connectivity index (χ1v) is 10.8. The summed E-state index contributed by atoms with van der Waals surface area (Å²) in [4.78, 5) is 21.4. The lowest BCUT2D eigenvalue weighted by Gasteiger charge is -2.27. The average molecular weight is 411 g/mol. The van der Waals surface area contributed by atoms with Crippen LogP contribution in [0.2, 0.25) is 0 Å². The van der Waals surface area contributed by atoms with E-state index >= 15 is 0 Å². The lowest BCUT2D eigenvalue weighted by Crippen LogP contribution is -2.29. The normalized spacial score (nSPS) is 15.5. The Morgan fingerprint density at radius 2 is 1.97 bits per heavy atom. The molecule has 0 spiro atoms. The van der Waals surface area contributed by atoms with Gasteiger partial charge < -0.3 is 15.4 Å². The predicted molar refractivity (Wildman–Crippen MR) is 115 cm³/mol. The van der Waals surface area contributed by atoms with Crippen molar-refractivity contribution in [1.29, 1.82) is 0 Å². The van der Waals surface area contributed by atoms with Crippen molar-refractivity contribution in [3.63, 3.8) is 0 Å². The van der Waals surface area contributed by atoms with E-state index < -0.39 is 0 Å². The van der Waals surface area contributed by atoms with Crippen molar-refractivity contribution in [1.82, 2.24) is 24.8 Å². The Morgan fingerprint density at radius 3 is 2.69 bits per heavy atom. The first-order valence-electron chi connectivity index (χ1n) is 9.96. The number of piperidine rings is 1. The van der Waals surface area contributed by atoms with E-state index in [1.54, 1.807) is 29.9 Å². The fraction of sp³-hybridized carbons (Fsp3) is 0.429. The van der Waals surface area contributed by atoms with Gasteiger partial charge in [-0.05, 0) is 57.1 Å². The molecule has 2 N–H and O–H groups in total. The molecule has 4 heterocycles.